The number of halogens is 1. The lowest BCUT2D eigenvalue weighted by Crippen LogP contribution is -2.02. The zero-order valence-corrected chi connectivity index (χ0v) is 9.38. The van der Waals surface area contributed by atoms with E-state index in [1.54, 1.807) is 19.3 Å². The summed E-state index contributed by atoms with van der Waals surface area (Å²) in [5, 5.41) is 3.16. The predicted octanol–water partition coefficient (Wildman–Crippen LogP) is 3.65. The van der Waals surface area contributed by atoms with E-state index >= 15 is 0 Å². The molecule has 0 saturated carbocycles. The van der Waals surface area contributed by atoms with Crippen LogP contribution < -0.4 is 5.32 Å². The van der Waals surface area contributed by atoms with E-state index in [-0.39, 0.29) is 5.82 Å². The van der Waals surface area contributed by atoms with E-state index in [9.17, 15) is 4.39 Å². The molecule has 0 aliphatic heterocycles. The molecule has 16 heavy (non-hydrogen) atoms. The minimum absolute atomic E-state index is 0.193. The first-order valence-corrected chi connectivity index (χ1v) is 5.20. The Hall–Kier alpha value is -1.77. The molecule has 0 spiro atoms. The molecular weight excluding hydrogens is 205 g/mol. The molecule has 0 unspecified atom stereocenters. The Morgan fingerprint density at radius 2 is 2.06 bits per heavy atom. The van der Waals surface area contributed by atoms with Gasteiger partial charge >= 0.3 is 0 Å². The highest BCUT2D eigenvalue weighted by Crippen LogP contribution is 2.19. The van der Waals surface area contributed by atoms with E-state index in [4.69, 9.17) is 4.42 Å². The molecule has 1 aromatic carbocycles. The first kappa shape index (κ1) is 10.7. The molecule has 1 aromatic heterocycles. The topological polar surface area (TPSA) is 25.2 Å². The molecule has 0 atom stereocenters. The van der Waals surface area contributed by atoms with Gasteiger partial charge in [0.25, 0.3) is 0 Å². The van der Waals surface area contributed by atoms with E-state index in [1.165, 1.54) is 6.07 Å². The highest BCUT2D eigenvalue weighted by molar-refractivity contribution is 5.51. The summed E-state index contributed by atoms with van der Waals surface area (Å²) in [7, 11) is 0. The summed E-state index contributed by atoms with van der Waals surface area (Å²) in [6.45, 7) is 4.31. The van der Waals surface area contributed by atoms with E-state index < -0.39 is 0 Å². The molecule has 2 aromatic rings. The van der Waals surface area contributed by atoms with Crippen molar-refractivity contribution in [2.45, 2.75) is 20.4 Å². The minimum atomic E-state index is -0.193. The number of benzene rings is 1. The van der Waals surface area contributed by atoms with Crippen molar-refractivity contribution >= 4 is 5.69 Å². The van der Waals surface area contributed by atoms with Gasteiger partial charge in [0, 0.05) is 11.3 Å². The fourth-order valence-corrected chi connectivity index (χ4v) is 1.56. The molecule has 0 aliphatic carbocycles. The highest BCUT2D eigenvalue weighted by Gasteiger charge is 2.05. The molecule has 0 amide bonds. The quantitative estimate of drug-likeness (QED) is 0.852. The van der Waals surface area contributed by atoms with Gasteiger partial charge in [-0.25, -0.2) is 4.39 Å². The van der Waals surface area contributed by atoms with Gasteiger partial charge in [0.2, 0.25) is 0 Å². The standard InChI is InChI=1S/C13H14FNO/c1-9-6-7-16-13(9)8-15-12-5-3-4-11(14)10(12)2/h3-7,15H,8H2,1-2H3. The van der Waals surface area contributed by atoms with Crippen molar-refractivity contribution in [3.63, 3.8) is 0 Å². The average molecular weight is 219 g/mol. The van der Waals surface area contributed by atoms with Gasteiger partial charge in [-0.15, -0.1) is 0 Å². The second-order valence-electron chi connectivity index (χ2n) is 3.79. The van der Waals surface area contributed by atoms with E-state index in [0.29, 0.717) is 12.1 Å². The molecule has 2 rings (SSSR count). The number of furan rings is 1. The minimum Gasteiger partial charge on any atom is -0.467 e. The predicted molar refractivity (Wildman–Crippen MR) is 61.9 cm³/mol. The van der Waals surface area contributed by atoms with E-state index in [0.717, 1.165) is 17.0 Å². The Labute approximate surface area is 94.1 Å². The van der Waals surface area contributed by atoms with Crippen LogP contribution in [-0.4, -0.2) is 0 Å². The van der Waals surface area contributed by atoms with Crippen LogP contribution in [0.3, 0.4) is 0 Å². The second kappa shape index (κ2) is 4.39. The van der Waals surface area contributed by atoms with Crippen LogP contribution >= 0.6 is 0 Å². The SMILES string of the molecule is Cc1ccoc1CNc1cccc(F)c1C. The summed E-state index contributed by atoms with van der Waals surface area (Å²) >= 11 is 0. The molecule has 0 fully saturated rings. The number of aryl methyl sites for hydroxylation is 1. The molecule has 2 nitrogen and oxygen atoms in total. The maximum atomic E-state index is 13.3. The van der Waals surface area contributed by atoms with Crippen molar-refractivity contribution in [3.8, 4) is 0 Å². The van der Waals surface area contributed by atoms with Crippen LogP contribution in [0.2, 0.25) is 0 Å². The molecule has 3 heteroatoms. The van der Waals surface area contributed by atoms with Crippen LogP contribution in [0.15, 0.2) is 34.9 Å². The van der Waals surface area contributed by atoms with Gasteiger partial charge in [-0.05, 0) is 37.6 Å². The van der Waals surface area contributed by atoms with Crippen LogP contribution in [0.4, 0.5) is 10.1 Å². The summed E-state index contributed by atoms with van der Waals surface area (Å²) < 4.78 is 18.6. The van der Waals surface area contributed by atoms with Crippen LogP contribution in [0.1, 0.15) is 16.9 Å². The Bertz CT molecular complexity index is 490. The summed E-state index contributed by atoms with van der Waals surface area (Å²) in [5.41, 5.74) is 2.53. The van der Waals surface area contributed by atoms with E-state index in [2.05, 4.69) is 5.32 Å². The lowest BCUT2D eigenvalue weighted by molar-refractivity contribution is 0.515. The number of hydrogen-bond donors (Lipinski definition) is 1. The fraction of sp³-hybridized carbons (Fsp3) is 0.231. The normalized spacial score (nSPS) is 10.4. The molecule has 84 valence electrons. The van der Waals surface area contributed by atoms with Crippen molar-refractivity contribution in [2.24, 2.45) is 0 Å². The second-order valence-corrected chi connectivity index (χ2v) is 3.79. The number of rotatable bonds is 3. The van der Waals surface area contributed by atoms with Crippen LogP contribution in [-0.2, 0) is 6.54 Å². The van der Waals surface area contributed by atoms with Crippen molar-refractivity contribution in [2.75, 3.05) is 5.32 Å². The fourth-order valence-electron chi connectivity index (χ4n) is 1.56. The lowest BCUT2D eigenvalue weighted by atomic mass is 10.2. The van der Waals surface area contributed by atoms with Gasteiger partial charge in [0.1, 0.15) is 11.6 Å². The van der Waals surface area contributed by atoms with Gasteiger partial charge in [0.05, 0.1) is 12.8 Å². The zero-order valence-electron chi connectivity index (χ0n) is 9.38. The summed E-state index contributed by atoms with van der Waals surface area (Å²) in [6.07, 6.45) is 1.66. The summed E-state index contributed by atoms with van der Waals surface area (Å²) in [4.78, 5) is 0. The van der Waals surface area contributed by atoms with Crippen molar-refractivity contribution in [1.29, 1.82) is 0 Å². The molecule has 0 bridgehead atoms. The molecule has 0 aliphatic rings. The van der Waals surface area contributed by atoms with Crippen molar-refractivity contribution in [3.05, 3.63) is 53.2 Å². The third-order valence-corrected chi connectivity index (χ3v) is 2.68. The smallest absolute Gasteiger partial charge is 0.128 e. The third-order valence-electron chi connectivity index (χ3n) is 2.68. The molecule has 1 heterocycles. The largest absolute Gasteiger partial charge is 0.467 e. The van der Waals surface area contributed by atoms with Gasteiger partial charge < -0.3 is 9.73 Å². The first-order chi connectivity index (χ1) is 7.68. The summed E-state index contributed by atoms with van der Waals surface area (Å²) in [6, 6.07) is 6.92. The van der Waals surface area contributed by atoms with Crippen molar-refractivity contribution < 1.29 is 8.81 Å². The Kier molecular flexibility index (Phi) is 2.95. The van der Waals surface area contributed by atoms with Gasteiger partial charge in [-0.3, -0.25) is 0 Å². The first-order valence-electron chi connectivity index (χ1n) is 5.20. The van der Waals surface area contributed by atoms with Crippen LogP contribution in [0, 0.1) is 19.7 Å². The highest BCUT2D eigenvalue weighted by atomic mass is 19.1. The maximum Gasteiger partial charge on any atom is 0.128 e. The average Bonchev–Trinajstić information content (AvgIpc) is 2.67. The molecular formula is C13H14FNO. The summed E-state index contributed by atoms with van der Waals surface area (Å²) in [5.74, 6) is 0.685. The molecule has 0 radical (unpaired) electrons. The van der Waals surface area contributed by atoms with Crippen molar-refractivity contribution in [1.82, 2.24) is 0 Å². The van der Waals surface area contributed by atoms with Crippen LogP contribution in [0.25, 0.3) is 0 Å². The number of nitrogens with one attached hydrogen (secondary N) is 1. The number of anilines is 1. The molecule has 1 N–H and O–H groups in total. The van der Waals surface area contributed by atoms with E-state index in [1.807, 2.05) is 19.1 Å². The van der Waals surface area contributed by atoms with Gasteiger partial charge in [-0.2, -0.15) is 0 Å². The number of hydrogen-bond acceptors (Lipinski definition) is 2. The van der Waals surface area contributed by atoms with Gasteiger partial charge in [0.15, 0.2) is 0 Å². The Morgan fingerprint density at radius 3 is 2.75 bits per heavy atom. The monoisotopic (exact) mass is 219 g/mol. The zero-order chi connectivity index (χ0) is 11.5. The maximum absolute atomic E-state index is 13.3. The van der Waals surface area contributed by atoms with Crippen LogP contribution in [0.5, 0.6) is 0 Å². The Balaban J connectivity index is 2.11. The third kappa shape index (κ3) is 2.08. The Morgan fingerprint density at radius 1 is 1.25 bits per heavy atom. The lowest BCUT2D eigenvalue weighted by Gasteiger charge is -2.08. The van der Waals surface area contributed by atoms with Gasteiger partial charge in [-0.1, -0.05) is 6.07 Å². The molecule has 0 saturated heterocycles.